The van der Waals surface area contributed by atoms with Gasteiger partial charge in [-0.3, -0.25) is 10.2 Å². The maximum absolute atomic E-state index is 11.9. The van der Waals surface area contributed by atoms with Gasteiger partial charge in [0.05, 0.1) is 23.9 Å². The maximum Gasteiger partial charge on any atom is 0.293 e. The molecule has 0 unspecified atom stereocenters. The smallest absolute Gasteiger partial charge is 0.293 e. The van der Waals surface area contributed by atoms with Gasteiger partial charge < -0.3 is 30.1 Å². The first-order chi connectivity index (χ1) is 12.0. The molecule has 1 fully saturated rings. The molecule has 1 aromatic carbocycles. The van der Waals surface area contributed by atoms with Gasteiger partial charge in [0.2, 0.25) is 5.82 Å². The Labute approximate surface area is 141 Å². The van der Waals surface area contributed by atoms with Crippen LogP contribution in [0.2, 0.25) is 0 Å². The van der Waals surface area contributed by atoms with Gasteiger partial charge in [-0.2, -0.15) is 5.10 Å². The number of hydrazone groups is 1. The van der Waals surface area contributed by atoms with Crippen molar-refractivity contribution in [1.29, 1.82) is 0 Å². The number of ether oxygens (including phenoxy) is 1. The Morgan fingerprint density at radius 3 is 2.76 bits per heavy atom. The number of aromatic amines is 1. The van der Waals surface area contributed by atoms with E-state index < -0.39 is 42.7 Å². The van der Waals surface area contributed by atoms with E-state index in [4.69, 9.17) is 9.84 Å². The molecule has 3 rings (SSSR count). The predicted molar refractivity (Wildman–Crippen MR) is 88.2 cm³/mol. The first-order valence-corrected chi connectivity index (χ1v) is 7.60. The van der Waals surface area contributed by atoms with Crippen LogP contribution in [0.4, 0.5) is 5.82 Å². The fourth-order valence-corrected chi connectivity index (χ4v) is 2.53. The molecule has 134 valence electrons. The van der Waals surface area contributed by atoms with Gasteiger partial charge in [-0.15, -0.1) is 0 Å². The number of para-hydroxylation sites is 2. The summed E-state index contributed by atoms with van der Waals surface area (Å²) in [6.45, 7) is -0.533. The van der Waals surface area contributed by atoms with Crippen molar-refractivity contribution in [2.24, 2.45) is 5.10 Å². The van der Waals surface area contributed by atoms with E-state index in [1.54, 1.807) is 24.3 Å². The third-order valence-corrected chi connectivity index (χ3v) is 3.92. The predicted octanol–water partition coefficient (Wildman–Crippen LogP) is -1.84. The van der Waals surface area contributed by atoms with Crippen LogP contribution in [0.5, 0.6) is 0 Å². The Morgan fingerprint density at radius 2 is 2.00 bits per heavy atom. The first-order valence-electron chi connectivity index (χ1n) is 7.60. The van der Waals surface area contributed by atoms with Gasteiger partial charge >= 0.3 is 0 Å². The van der Waals surface area contributed by atoms with E-state index in [9.17, 15) is 20.1 Å². The quantitative estimate of drug-likeness (QED) is 0.277. The second-order valence-electron chi connectivity index (χ2n) is 5.62. The van der Waals surface area contributed by atoms with Crippen molar-refractivity contribution in [2.45, 2.75) is 30.5 Å². The van der Waals surface area contributed by atoms with Crippen molar-refractivity contribution in [3.63, 3.8) is 0 Å². The standard InChI is InChI=1S/C15H18N4O6/c20-6-10-12(22)13(23)11(21)9(25-10)5-16-19-14-15(24)18-8-4-2-1-3-7(8)17-14/h1-5,9-13,20-23H,6H2,(H,17,19)(H,18,24)/b16-5+/t9-,10+,11+,12+,13+/m0/s1. The molecule has 1 aliphatic heterocycles. The number of anilines is 1. The summed E-state index contributed by atoms with van der Waals surface area (Å²) in [7, 11) is 0. The van der Waals surface area contributed by atoms with Crippen LogP contribution in [0.15, 0.2) is 34.2 Å². The minimum Gasteiger partial charge on any atom is -0.394 e. The average Bonchev–Trinajstić information content (AvgIpc) is 2.62. The normalized spacial score (nSPS) is 30.0. The molecular formula is C15H18N4O6. The Morgan fingerprint density at radius 1 is 1.24 bits per heavy atom. The van der Waals surface area contributed by atoms with Crippen LogP contribution in [0, 0.1) is 0 Å². The van der Waals surface area contributed by atoms with Gasteiger partial charge in [0.15, 0.2) is 0 Å². The third kappa shape index (κ3) is 3.52. The highest BCUT2D eigenvalue weighted by molar-refractivity contribution is 5.75. The topological polar surface area (TPSA) is 160 Å². The monoisotopic (exact) mass is 350 g/mol. The molecule has 25 heavy (non-hydrogen) atoms. The first kappa shape index (κ1) is 17.5. The number of hydrogen-bond donors (Lipinski definition) is 6. The van der Waals surface area contributed by atoms with Crippen molar-refractivity contribution < 1.29 is 25.2 Å². The molecule has 10 nitrogen and oxygen atoms in total. The lowest BCUT2D eigenvalue weighted by molar-refractivity contribution is -0.210. The van der Waals surface area contributed by atoms with Gasteiger partial charge in [0.1, 0.15) is 30.5 Å². The molecule has 10 heteroatoms. The number of H-pyrrole nitrogens is 1. The van der Waals surface area contributed by atoms with Crippen LogP contribution >= 0.6 is 0 Å². The fraction of sp³-hybridized carbons (Fsp3) is 0.400. The molecule has 0 radical (unpaired) electrons. The van der Waals surface area contributed by atoms with Crippen molar-refractivity contribution >= 4 is 23.1 Å². The number of benzene rings is 1. The molecule has 0 saturated carbocycles. The van der Waals surface area contributed by atoms with Gasteiger partial charge in [-0.1, -0.05) is 12.1 Å². The summed E-state index contributed by atoms with van der Waals surface area (Å²) in [5, 5.41) is 42.2. The lowest BCUT2D eigenvalue weighted by atomic mass is 9.96. The number of rotatable bonds is 4. The van der Waals surface area contributed by atoms with Gasteiger partial charge in [-0.25, -0.2) is 4.98 Å². The molecule has 0 amide bonds. The van der Waals surface area contributed by atoms with Crippen molar-refractivity contribution in [3.8, 4) is 0 Å². The van der Waals surface area contributed by atoms with Crippen molar-refractivity contribution in [2.75, 3.05) is 12.0 Å². The molecule has 0 aliphatic carbocycles. The highest BCUT2D eigenvalue weighted by Gasteiger charge is 2.42. The summed E-state index contributed by atoms with van der Waals surface area (Å²) in [5.41, 5.74) is 3.11. The zero-order chi connectivity index (χ0) is 18.0. The molecule has 1 aromatic heterocycles. The summed E-state index contributed by atoms with van der Waals surface area (Å²) < 4.78 is 5.26. The Balaban J connectivity index is 1.74. The van der Waals surface area contributed by atoms with E-state index in [-0.39, 0.29) is 5.82 Å². The molecule has 6 N–H and O–H groups in total. The van der Waals surface area contributed by atoms with Crippen LogP contribution in [-0.4, -0.2) is 73.7 Å². The lowest BCUT2D eigenvalue weighted by Crippen LogP contribution is -2.58. The van der Waals surface area contributed by atoms with E-state index in [1.165, 1.54) is 0 Å². The summed E-state index contributed by atoms with van der Waals surface area (Å²) >= 11 is 0. The number of aliphatic hydroxyl groups excluding tert-OH is 4. The highest BCUT2D eigenvalue weighted by atomic mass is 16.5. The van der Waals surface area contributed by atoms with Gasteiger partial charge in [0, 0.05) is 0 Å². The largest absolute Gasteiger partial charge is 0.394 e. The summed E-state index contributed by atoms with van der Waals surface area (Å²) in [5.74, 6) is -0.0560. The Hall–Kier alpha value is -2.37. The fourth-order valence-electron chi connectivity index (χ4n) is 2.53. The number of aromatic nitrogens is 2. The van der Waals surface area contributed by atoms with E-state index in [1.807, 2.05) is 0 Å². The summed E-state index contributed by atoms with van der Waals surface area (Å²) in [4.78, 5) is 18.7. The summed E-state index contributed by atoms with van der Waals surface area (Å²) in [6, 6.07) is 6.97. The van der Waals surface area contributed by atoms with Crippen molar-refractivity contribution in [3.05, 3.63) is 34.6 Å². The molecule has 5 atom stereocenters. The third-order valence-electron chi connectivity index (χ3n) is 3.92. The average molecular weight is 350 g/mol. The molecule has 2 heterocycles. The second-order valence-corrected chi connectivity index (χ2v) is 5.62. The van der Waals surface area contributed by atoms with Gasteiger partial charge in [0.25, 0.3) is 5.56 Å². The van der Waals surface area contributed by atoms with Crippen LogP contribution in [-0.2, 0) is 4.74 Å². The maximum atomic E-state index is 11.9. The van der Waals surface area contributed by atoms with Crippen LogP contribution in [0.3, 0.4) is 0 Å². The molecular weight excluding hydrogens is 332 g/mol. The molecule has 1 saturated heterocycles. The second kappa shape index (κ2) is 7.25. The Bertz CT molecular complexity index is 823. The number of fused-ring (bicyclic) bond motifs is 1. The van der Waals surface area contributed by atoms with Crippen LogP contribution in [0.1, 0.15) is 0 Å². The van der Waals surface area contributed by atoms with E-state index in [0.717, 1.165) is 6.21 Å². The van der Waals surface area contributed by atoms with Crippen molar-refractivity contribution in [1.82, 2.24) is 9.97 Å². The Kier molecular flexibility index (Phi) is 5.06. The molecule has 1 aliphatic rings. The summed E-state index contributed by atoms with van der Waals surface area (Å²) in [6.07, 6.45) is -5.36. The van der Waals surface area contributed by atoms with E-state index in [0.29, 0.717) is 11.0 Å². The minimum atomic E-state index is -1.50. The molecule has 0 bridgehead atoms. The molecule has 2 aromatic rings. The number of hydrogen-bond acceptors (Lipinski definition) is 9. The zero-order valence-corrected chi connectivity index (χ0v) is 13.0. The minimum absolute atomic E-state index is 0.0560. The lowest BCUT2D eigenvalue weighted by Gasteiger charge is -2.38. The SMILES string of the molecule is O=c1[nH]c2ccccc2nc1N/N=C/[C@@H]1O[C@H](CO)[C@@H](O)[C@H](O)[C@@H]1O. The highest BCUT2D eigenvalue weighted by Crippen LogP contribution is 2.20. The van der Waals surface area contributed by atoms with Crippen LogP contribution < -0.4 is 11.0 Å². The van der Waals surface area contributed by atoms with Crippen LogP contribution in [0.25, 0.3) is 11.0 Å². The zero-order valence-electron chi connectivity index (χ0n) is 13.0. The molecule has 0 spiro atoms. The number of nitrogens with zero attached hydrogens (tertiary/aromatic N) is 2. The van der Waals surface area contributed by atoms with E-state index >= 15 is 0 Å². The number of aliphatic hydroxyl groups is 4. The van der Waals surface area contributed by atoms with E-state index in [2.05, 4.69) is 20.5 Å². The number of nitrogens with one attached hydrogen (secondary N) is 2. The van der Waals surface area contributed by atoms with Gasteiger partial charge in [-0.05, 0) is 12.1 Å².